The van der Waals surface area contributed by atoms with Crippen LogP contribution in [0.1, 0.15) is 32.3 Å². The molecule has 2 amide bonds. The molecule has 0 aromatic heterocycles. The fourth-order valence-electron chi connectivity index (χ4n) is 3.48. The number of carbonyl (C=O) groups excluding carboxylic acids is 2. The first-order valence-electron chi connectivity index (χ1n) is 11.0. The van der Waals surface area contributed by atoms with Crippen molar-refractivity contribution in [2.75, 3.05) is 30.8 Å². The molecule has 0 heterocycles. The lowest BCUT2D eigenvalue weighted by Gasteiger charge is -2.29. The van der Waals surface area contributed by atoms with Crippen LogP contribution >= 0.6 is 11.6 Å². The molecule has 1 atom stereocenters. The standard InChI is InChI=1S/C24H32ClN3O5S/c1-5-26-24(30)18(2)27(17-19-8-6-9-22(16-19)33-3)23(29)10-7-15-28(34(4,31)32)21-13-11-20(25)12-14-21/h6,8-9,11-14,16,18H,5,7,10,15,17H2,1-4H3,(H,26,30). The highest BCUT2D eigenvalue weighted by molar-refractivity contribution is 7.92. The summed E-state index contributed by atoms with van der Waals surface area (Å²) in [5, 5.41) is 3.25. The van der Waals surface area contributed by atoms with Crippen LogP contribution in [0.25, 0.3) is 0 Å². The Kier molecular flexibility index (Phi) is 10.2. The number of rotatable bonds is 12. The zero-order valence-corrected chi connectivity index (χ0v) is 21.5. The summed E-state index contributed by atoms with van der Waals surface area (Å²) >= 11 is 5.92. The number of likely N-dealkylation sites (N-methyl/N-ethyl adjacent to an activating group) is 1. The molecule has 186 valence electrons. The number of nitrogens with one attached hydrogen (secondary N) is 1. The summed E-state index contributed by atoms with van der Waals surface area (Å²) in [6, 6.07) is 13.1. The number of halogens is 1. The van der Waals surface area contributed by atoms with Crippen LogP contribution in [0, 0.1) is 0 Å². The molecule has 0 aliphatic heterocycles. The minimum atomic E-state index is -3.56. The zero-order valence-electron chi connectivity index (χ0n) is 20.0. The van der Waals surface area contributed by atoms with E-state index in [0.29, 0.717) is 23.0 Å². The second-order valence-electron chi connectivity index (χ2n) is 7.86. The van der Waals surface area contributed by atoms with Gasteiger partial charge in [-0.15, -0.1) is 0 Å². The topological polar surface area (TPSA) is 96.0 Å². The second kappa shape index (κ2) is 12.6. The van der Waals surface area contributed by atoms with Gasteiger partial charge in [0, 0.05) is 31.1 Å². The first-order chi connectivity index (χ1) is 16.1. The van der Waals surface area contributed by atoms with Gasteiger partial charge in [-0.05, 0) is 62.2 Å². The van der Waals surface area contributed by atoms with E-state index < -0.39 is 16.1 Å². The van der Waals surface area contributed by atoms with Crippen LogP contribution in [-0.4, -0.2) is 57.6 Å². The normalized spacial score (nSPS) is 12.0. The molecule has 0 saturated carbocycles. The van der Waals surface area contributed by atoms with Gasteiger partial charge in [0.2, 0.25) is 21.8 Å². The lowest BCUT2D eigenvalue weighted by atomic mass is 10.1. The van der Waals surface area contributed by atoms with Gasteiger partial charge < -0.3 is 15.0 Å². The maximum absolute atomic E-state index is 13.2. The molecular weight excluding hydrogens is 478 g/mol. The Labute approximate surface area is 206 Å². The fourth-order valence-corrected chi connectivity index (χ4v) is 4.57. The third-order valence-corrected chi connectivity index (χ3v) is 6.72. The SMILES string of the molecule is CCNC(=O)C(C)N(Cc1cccc(OC)c1)C(=O)CCCN(c1ccc(Cl)cc1)S(C)(=O)=O. The molecule has 1 unspecified atom stereocenters. The summed E-state index contributed by atoms with van der Waals surface area (Å²) in [7, 11) is -1.99. The van der Waals surface area contributed by atoms with Gasteiger partial charge in [0.05, 0.1) is 19.1 Å². The largest absolute Gasteiger partial charge is 0.497 e. The van der Waals surface area contributed by atoms with E-state index in [4.69, 9.17) is 16.3 Å². The van der Waals surface area contributed by atoms with Gasteiger partial charge in [-0.2, -0.15) is 0 Å². The summed E-state index contributed by atoms with van der Waals surface area (Å²) in [5.41, 5.74) is 1.30. The van der Waals surface area contributed by atoms with E-state index in [1.165, 1.54) is 9.21 Å². The van der Waals surface area contributed by atoms with Crippen LogP contribution in [0.2, 0.25) is 5.02 Å². The Morgan fingerprint density at radius 1 is 1.15 bits per heavy atom. The number of carbonyl (C=O) groups is 2. The van der Waals surface area contributed by atoms with Crippen molar-refractivity contribution < 1.29 is 22.7 Å². The van der Waals surface area contributed by atoms with Crippen molar-refractivity contribution >= 4 is 39.1 Å². The maximum atomic E-state index is 13.2. The fraction of sp³-hybridized carbons (Fsp3) is 0.417. The lowest BCUT2D eigenvalue weighted by molar-refractivity contribution is -0.140. The Balaban J connectivity index is 2.16. The molecule has 8 nitrogen and oxygen atoms in total. The van der Waals surface area contributed by atoms with E-state index in [-0.39, 0.29) is 37.7 Å². The molecule has 0 bridgehead atoms. The predicted octanol–water partition coefficient (Wildman–Crippen LogP) is 3.45. The van der Waals surface area contributed by atoms with E-state index in [1.807, 2.05) is 25.1 Å². The number of benzene rings is 2. The van der Waals surface area contributed by atoms with Crippen molar-refractivity contribution in [2.45, 2.75) is 39.3 Å². The van der Waals surface area contributed by atoms with E-state index >= 15 is 0 Å². The molecule has 10 heteroatoms. The monoisotopic (exact) mass is 509 g/mol. The summed E-state index contributed by atoms with van der Waals surface area (Å²) < 4.78 is 31.2. The van der Waals surface area contributed by atoms with Crippen LogP contribution in [0.4, 0.5) is 5.69 Å². The van der Waals surface area contributed by atoms with E-state index in [1.54, 1.807) is 44.4 Å². The summed E-state index contributed by atoms with van der Waals surface area (Å²) in [4.78, 5) is 27.2. The van der Waals surface area contributed by atoms with Crippen LogP contribution < -0.4 is 14.4 Å². The molecule has 2 aromatic rings. The van der Waals surface area contributed by atoms with Crippen molar-refractivity contribution in [2.24, 2.45) is 0 Å². The number of sulfonamides is 1. The highest BCUT2D eigenvalue weighted by atomic mass is 35.5. The Morgan fingerprint density at radius 3 is 2.41 bits per heavy atom. The second-order valence-corrected chi connectivity index (χ2v) is 10.2. The Bertz CT molecular complexity index is 1080. The van der Waals surface area contributed by atoms with Crippen LogP contribution in [0.5, 0.6) is 5.75 Å². The van der Waals surface area contributed by atoms with Crippen molar-refractivity contribution in [1.29, 1.82) is 0 Å². The van der Waals surface area contributed by atoms with Gasteiger partial charge in [0.25, 0.3) is 0 Å². The minimum Gasteiger partial charge on any atom is -0.497 e. The first-order valence-corrected chi connectivity index (χ1v) is 13.2. The van der Waals surface area contributed by atoms with Gasteiger partial charge in [-0.1, -0.05) is 23.7 Å². The number of methoxy groups -OCH3 is 1. The van der Waals surface area contributed by atoms with E-state index in [0.717, 1.165) is 11.8 Å². The molecule has 2 aromatic carbocycles. The molecule has 0 spiro atoms. The lowest BCUT2D eigenvalue weighted by Crippen LogP contribution is -2.47. The summed E-state index contributed by atoms with van der Waals surface area (Å²) in [6.45, 7) is 4.29. The zero-order chi connectivity index (χ0) is 25.3. The van der Waals surface area contributed by atoms with E-state index in [9.17, 15) is 18.0 Å². The van der Waals surface area contributed by atoms with Gasteiger partial charge >= 0.3 is 0 Å². The summed E-state index contributed by atoms with van der Waals surface area (Å²) in [6.07, 6.45) is 1.48. The van der Waals surface area contributed by atoms with Crippen LogP contribution in [0.3, 0.4) is 0 Å². The van der Waals surface area contributed by atoms with Gasteiger partial charge in [0.1, 0.15) is 11.8 Å². The highest BCUT2D eigenvalue weighted by Crippen LogP contribution is 2.22. The van der Waals surface area contributed by atoms with E-state index in [2.05, 4.69) is 5.32 Å². The van der Waals surface area contributed by atoms with Crippen molar-refractivity contribution in [1.82, 2.24) is 10.2 Å². The molecule has 0 radical (unpaired) electrons. The third kappa shape index (κ3) is 7.92. The quantitative estimate of drug-likeness (QED) is 0.472. The number of ether oxygens (including phenoxy) is 1. The van der Waals surface area contributed by atoms with Crippen molar-refractivity contribution in [3.05, 3.63) is 59.1 Å². The molecule has 0 saturated heterocycles. The van der Waals surface area contributed by atoms with Gasteiger partial charge in [-0.3, -0.25) is 13.9 Å². The van der Waals surface area contributed by atoms with Crippen LogP contribution in [-0.2, 0) is 26.2 Å². The van der Waals surface area contributed by atoms with Gasteiger partial charge in [0.15, 0.2) is 0 Å². The molecule has 34 heavy (non-hydrogen) atoms. The number of anilines is 1. The highest BCUT2D eigenvalue weighted by Gasteiger charge is 2.26. The average molecular weight is 510 g/mol. The van der Waals surface area contributed by atoms with Crippen molar-refractivity contribution in [3.8, 4) is 5.75 Å². The molecule has 1 N–H and O–H groups in total. The number of amides is 2. The Hall–Kier alpha value is -2.78. The Morgan fingerprint density at radius 2 is 1.82 bits per heavy atom. The molecule has 2 rings (SSSR count). The number of nitrogens with zero attached hydrogens (tertiary/aromatic N) is 2. The third-order valence-electron chi connectivity index (χ3n) is 5.27. The molecule has 0 fully saturated rings. The summed E-state index contributed by atoms with van der Waals surface area (Å²) in [5.74, 6) is 0.158. The smallest absolute Gasteiger partial charge is 0.242 e. The number of hydrogen-bond acceptors (Lipinski definition) is 5. The first kappa shape index (κ1) is 27.5. The molecule has 0 aliphatic rings. The average Bonchev–Trinajstić information content (AvgIpc) is 2.80. The maximum Gasteiger partial charge on any atom is 0.242 e. The molecule has 0 aliphatic carbocycles. The predicted molar refractivity (Wildman–Crippen MR) is 135 cm³/mol. The minimum absolute atomic E-state index is 0.0767. The van der Waals surface area contributed by atoms with Crippen LogP contribution in [0.15, 0.2) is 48.5 Å². The molecular formula is C24H32ClN3O5S. The van der Waals surface area contributed by atoms with Gasteiger partial charge in [-0.25, -0.2) is 8.42 Å². The number of hydrogen-bond donors (Lipinski definition) is 1. The van der Waals surface area contributed by atoms with Crippen molar-refractivity contribution in [3.63, 3.8) is 0 Å².